The third kappa shape index (κ3) is 3.77. The first-order chi connectivity index (χ1) is 10.6. The predicted molar refractivity (Wildman–Crippen MR) is 78.6 cm³/mol. The molecule has 0 bridgehead atoms. The lowest BCUT2D eigenvalue weighted by atomic mass is 9.91. The van der Waals surface area contributed by atoms with Crippen molar-refractivity contribution in [1.29, 1.82) is 0 Å². The number of hydrogen-bond acceptors (Lipinski definition) is 3. The fourth-order valence-electron chi connectivity index (χ4n) is 3.06. The van der Waals surface area contributed by atoms with Crippen molar-refractivity contribution in [1.82, 2.24) is 0 Å². The lowest BCUT2D eigenvalue weighted by Crippen LogP contribution is -2.26. The van der Waals surface area contributed by atoms with Gasteiger partial charge < -0.3 is 14.6 Å². The summed E-state index contributed by atoms with van der Waals surface area (Å²) in [5, 5.41) is 9.03. The van der Waals surface area contributed by atoms with E-state index in [-0.39, 0.29) is 24.2 Å². The van der Waals surface area contributed by atoms with Crippen molar-refractivity contribution in [2.75, 3.05) is 13.2 Å². The predicted octanol–water partition coefficient (Wildman–Crippen LogP) is 3.35. The van der Waals surface area contributed by atoms with Crippen LogP contribution >= 0.6 is 0 Å². The van der Waals surface area contributed by atoms with Crippen molar-refractivity contribution in [3.63, 3.8) is 0 Å². The van der Waals surface area contributed by atoms with Gasteiger partial charge >= 0.3 is 5.97 Å². The minimum Gasteiger partial charge on any atom is -0.487 e. The van der Waals surface area contributed by atoms with Crippen molar-refractivity contribution >= 4 is 5.97 Å². The first kappa shape index (κ1) is 15.3. The third-order valence-electron chi connectivity index (χ3n) is 4.43. The Morgan fingerprint density at radius 2 is 2.05 bits per heavy atom. The molecule has 2 aliphatic rings. The second-order valence-corrected chi connectivity index (χ2v) is 6.16. The molecule has 1 saturated carbocycles. The van der Waals surface area contributed by atoms with Crippen LogP contribution in [0.5, 0.6) is 5.75 Å². The number of aliphatic carboxylic acids is 1. The standard InChI is InChI=1S/C17H21FO4/c18-15-9-12(14(10-17(19)20)11-1-2-11)3-4-16(15)22-13-5-7-21-8-6-13/h3-4,9,11,13-14H,1-2,5-8,10H2,(H,19,20). The number of hydrogen-bond donors (Lipinski definition) is 1. The molecule has 0 amide bonds. The Labute approximate surface area is 129 Å². The summed E-state index contributed by atoms with van der Waals surface area (Å²) in [6.45, 7) is 1.29. The van der Waals surface area contributed by atoms with Gasteiger partial charge in [-0.2, -0.15) is 0 Å². The summed E-state index contributed by atoms with van der Waals surface area (Å²) in [7, 11) is 0. The zero-order valence-electron chi connectivity index (χ0n) is 12.5. The second kappa shape index (κ2) is 6.65. The Morgan fingerprint density at radius 1 is 1.32 bits per heavy atom. The average molecular weight is 308 g/mol. The SMILES string of the molecule is O=C(O)CC(c1ccc(OC2CCOCC2)c(F)c1)C1CC1. The minimum atomic E-state index is -0.833. The summed E-state index contributed by atoms with van der Waals surface area (Å²) in [6, 6.07) is 4.89. The molecule has 1 atom stereocenters. The first-order valence-electron chi connectivity index (χ1n) is 7.89. The van der Waals surface area contributed by atoms with Crippen molar-refractivity contribution < 1.29 is 23.8 Å². The smallest absolute Gasteiger partial charge is 0.303 e. The van der Waals surface area contributed by atoms with Gasteiger partial charge in [-0.1, -0.05) is 6.07 Å². The van der Waals surface area contributed by atoms with Crippen LogP contribution in [0.2, 0.25) is 0 Å². The van der Waals surface area contributed by atoms with E-state index in [1.54, 1.807) is 6.07 Å². The van der Waals surface area contributed by atoms with E-state index in [0.29, 0.717) is 19.1 Å². The number of carboxylic acids is 1. The van der Waals surface area contributed by atoms with Crippen LogP contribution in [0.3, 0.4) is 0 Å². The molecule has 1 aromatic carbocycles. The normalized spacial score (nSPS) is 20.6. The van der Waals surface area contributed by atoms with Gasteiger partial charge in [-0.25, -0.2) is 4.39 Å². The van der Waals surface area contributed by atoms with E-state index in [2.05, 4.69) is 0 Å². The van der Waals surface area contributed by atoms with E-state index in [0.717, 1.165) is 31.2 Å². The van der Waals surface area contributed by atoms with Crippen LogP contribution in [0.1, 0.15) is 43.6 Å². The Balaban J connectivity index is 1.71. The zero-order valence-corrected chi connectivity index (χ0v) is 12.5. The van der Waals surface area contributed by atoms with E-state index in [4.69, 9.17) is 14.6 Å². The molecule has 3 rings (SSSR count). The van der Waals surface area contributed by atoms with Gasteiger partial charge in [-0.05, 0) is 42.4 Å². The lowest BCUT2D eigenvalue weighted by Gasteiger charge is -2.24. The molecule has 1 N–H and O–H groups in total. The molecular formula is C17H21FO4. The van der Waals surface area contributed by atoms with Crippen molar-refractivity contribution in [2.24, 2.45) is 5.92 Å². The molecule has 0 aromatic heterocycles. The summed E-state index contributed by atoms with van der Waals surface area (Å²) < 4.78 is 25.2. The van der Waals surface area contributed by atoms with Crippen LogP contribution in [0, 0.1) is 11.7 Å². The maximum absolute atomic E-state index is 14.3. The van der Waals surface area contributed by atoms with Gasteiger partial charge in [0.25, 0.3) is 0 Å². The molecule has 2 fully saturated rings. The largest absolute Gasteiger partial charge is 0.487 e. The van der Waals surface area contributed by atoms with E-state index in [1.165, 1.54) is 6.07 Å². The van der Waals surface area contributed by atoms with Gasteiger partial charge in [0.1, 0.15) is 6.10 Å². The van der Waals surface area contributed by atoms with Gasteiger partial charge in [0.15, 0.2) is 11.6 Å². The van der Waals surface area contributed by atoms with Gasteiger partial charge in [-0.3, -0.25) is 4.79 Å². The Hall–Kier alpha value is -1.62. The molecule has 0 spiro atoms. The maximum atomic E-state index is 14.3. The molecule has 1 aliphatic carbocycles. The van der Waals surface area contributed by atoms with E-state index in [9.17, 15) is 9.18 Å². The average Bonchev–Trinajstić information content (AvgIpc) is 3.32. The van der Waals surface area contributed by atoms with Gasteiger partial charge in [0.05, 0.1) is 19.6 Å². The van der Waals surface area contributed by atoms with Gasteiger partial charge in [0, 0.05) is 12.8 Å². The van der Waals surface area contributed by atoms with Crippen LogP contribution in [0.4, 0.5) is 4.39 Å². The van der Waals surface area contributed by atoms with Crippen LogP contribution in [0.25, 0.3) is 0 Å². The van der Waals surface area contributed by atoms with Crippen LogP contribution < -0.4 is 4.74 Å². The molecule has 1 aromatic rings. The molecule has 0 radical (unpaired) electrons. The van der Waals surface area contributed by atoms with Gasteiger partial charge in [0.2, 0.25) is 0 Å². The fourth-order valence-corrected chi connectivity index (χ4v) is 3.06. The van der Waals surface area contributed by atoms with E-state index < -0.39 is 11.8 Å². The number of rotatable bonds is 6. The number of halogens is 1. The van der Waals surface area contributed by atoms with E-state index >= 15 is 0 Å². The molecule has 1 aliphatic heterocycles. The monoisotopic (exact) mass is 308 g/mol. The molecule has 1 saturated heterocycles. The quantitative estimate of drug-likeness (QED) is 0.875. The lowest BCUT2D eigenvalue weighted by molar-refractivity contribution is -0.137. The van der Waals surface area contributed by atoms with Crippen LogP contribution in [-0.4, -0.2) is 30.4 Å². The summed E-state index contributed by atoms with van der Waals surface area (Å²) >= 11 is 0. The minimum absolute atomic E-state index is 0.00708. The second-order valence-electron chi connectivity index (χ2n) is 6.16. The third-order valence-corrected chi connectivity index (χ3v) is 4.43. The Morgan fingerprint density at radius 3 is 2.64 bits per heavy atom. The topological polar surface area (TPSA) is 55.8 Å². The Kier molecular flexibility index (Phi) is 4.62. The van der Waals surface area contributed by atoms with Crippen LogP contribution in [0.15, 0.2) is 18.2 Å². The molecular weight excluding hydrogens is 287 g/mol. The maximum Gasteiger partial charge on any atom is 0.303 e. The molecule has 4 nitrogen and oxygen atoms in total. The molecule has 120 valence electrons. The van der Waals surface area contributed by atoms with Crippen molar-refractivity contribution in [3.8, 4) is 5.75 Å². The summed E-state index contributed by atoms with van der Waals surface area (Å²) in [5.74, 6) is -0.706. The van der Waals surface area contributed by atoms with Crippen molar-refractivity contribution in [2.45, 2.75) is 44.1 Å². The van der Waals surface area contributed by atoms with Gasteiger partial charge in [-0.15, -0.1) is 0 Å². The molecule has 5 heteroatoms. The van der Waals surface area contributed by atoms with Crippen LogP contribution in [-0.2, 0) is 9.53 Å². The summed E-state index contributed by atoms with van der Waals surface area (Å²) in [6.07, 6.45) is 3.65. The first-order valence-corrected chi connectivity index (χ1v) is 7.89. The summed E-state index contributed by atoms with van der Waals surface area (Å²) in [4.78, 5) is 11.0. The highest BCUT2D eigenvalue weighted by Gasteiger charge is 2.34. The highest BCUT2D eigenvalue weighted by atomic mass is 19.1. The molecule has 22 heavy (non-hydrogen) atoms. The molecule has 1 unspecified atom stereocenters. The van der Waals surface area contributed by atoms with Crippen molar-refractivity contribution in [3.05, 3.63) is 29.6 Å². The number of benzene rings is 1. The zero-order chi connectivity index (χ0) is 15.5. The molecule has 1 heterocycles. The number of carboxylic acid groups (broad SMARTS) is 1. The highest BCUT2D eigenvalue weighted by molar-refractivity contribution is 5.68. The fraction of sp³-hybridized carbons (Fsp3) is 0.588. The highest BCUT2D eigenvalue weighted by Crippen LogP contribution is 2.45. The van der Waals surface area contributed by atoms with E-state index in [1.807, 2.05) is 6.07 Å². The Bertz CT molecular complexity index is 535. The number of carbonyl (C=O) groups is 1. The summed E-state index contributed by atoms with van der Waals surface area (Å²) in [5.41, 5.74) is 0.765. The number of ether oxygens (including phenoxy) is 2.